The van der Waals surface area contributed by atoms with E-state index in [4.69, 9.17) is 4.98 Å². The lowest BCUT2D eigenvalue weighted by Crippen LogP contribution is -2.10. The molecular formula is C30H29FN6S. The molecule has 0 aliphatic carbocycles. The zero-order valence-corrected chi connectivity index (χ0v) is 22.3. The summed E-state index contributed by atoms with van der Waals surface area (Å²) in [4.78, 5) is 13.3. The smallest absolute Gasteiger partial charge is 0.176 e. The number of aromatic amines is 2. The van der Waals surface area contributed by atoms with Gasteiger partial charge in [-0.25, -0.2) is 4.98 Å². The number of halogens is 1. The molecule has 4 heterocycles. The van der Waals surface area contributed by atoms with Crippen LogP contribution in [0.25, 0.3) is 49.5 Å². The van der Waals surface area contributed by atoms with Crippen molar-refractivity contribution in [1.29, 1.82) is 0 Å². The van der Waals surface area contributed by atoms with E-state index in [2.05, 4.69) is 69.8 Å². The highest BCUT2D eigenvalue weighted by Gasteiger charge is 2.17. The summed E-state index contributed by atoms with van der Waals surface area (Å²) in [5, 5.41) is 11.8. The number of unbranched alkanes of at least 4 members (excludes halogenated alkanes) is 1. The predicted octanol–water partition coefficient (Wildman–Crippen LogP) is 8.14. The zero-order chi connectivity index (χ0) is 26.6. The van der Waals surface area contributed by atoms with E-state index < -0.39 is 0 Å². The summed E-state index contributed by atoms with van der Waals surface area (Å²) >= 11 is 1.07. The number of aromatic nitrogens is 5. The molecule has 6 nitrogen and oxygen atoms in total. The van der Waals surface area contributed by atoms with Crippen molar-refractivity contribution in [2.75, 3.05) is 0 Å². The number of fused-ring (bicyclic) bond motifs is 2. The summed E-state index contributed by atoms with van der Waals surface area (Å²) in [7, 11) is 0. The molecule has 38 heavy (non-hydrogen) atoms. The second kappa shape index (κ2) is 11.0. The zero-order valence-electron chi connectivity index (χ0n) is 21.4. The SMILES string of the molecule is C=C/C(=C\C(=C/C)c1ccc2[nH]nc(-c3nc4c(-c5ccc(F)s5)cncc4[nH]3)c2c1)NC(=C)CCCC. The molecule has 0 radical (unpaired) electrons. The van der Waals surface area contributed by atoms with Gasteiger partial charge in [-0.05, 0) is 67.3 Å². The molecule has 0 fully saturated rings. The van der Waals surface area contributed by atoms with E-state index in [0.29, 0.717) is 11.5 Å². The number of thiophene rings is 1. The molecule has 192 valence electrons. The van der Waals surface area contributed by atoms with Gasteiger partial charge < -0.3 is 10.3 Å². The monoisotopic (exact) mass is 524 g/mol. The third-order valence-corrected chi connectivity index (χ3v) is 7.26. The molecular weight excluding hydrogens is 495 g/mol. The molecule has 0 saturated carbocycles. The number of H-pyrrole nitrogens is 2. The average molecular weight is 525 g/mol. The standard InChI is InChI=1S/C30H29FN6S/c1-5-8-9-18(4)33-21(7-3)14-19(6-2)20-10-11-24-22(15-20)29(37-36-24)30-34-25-17-32-16-23(28(25)35-30)26-12-13-27(31)38-26/h6-7,10-17,33H,3-5,8-9H2,1-2H3,(H,34,35)(H,36,37)/b19-6+,21-14+. The Kier molecular flexibility index (Phi) is 7.33. The number of allylic oxidation sites excluding steroid dienone is 5. The van der Waals surface area contributed by atoms with Gasteiger partial charge in [-0.1, -0.05) is 38.6 Å². The van der Waals surface area contributed by atoms with Crippen molar-refractivity contribution in [3.05, 3.63) is 96.2 Å². The van der Waals surface area contributed by atoms with E-state index >= 15 is 0 Å². The Morgan fingerprint density at radius 2 is 2.05 bits per heavy atom. The lowest BCUT2D eigenvalue weighted by atomic mass is 10.0. The molecule has 1 aromatic carbocycles. The van der Waals surface area contributed by atoms with Gasteiger partial charge in [-0.3, -0.25) is 10.1 Å². The van der Waals surface area contributed by atoms with Crippen molar-refractivity contribution in [2.45, 2.75) is 33.1 Å². The summed E-state index contributed by atoms with van der Waals surface area (Å²) in [5.74, 6) is 0.618. The van der Waals surface area contributed by atoms with E-state index in [1.165, 1.54) is 6.07 Å². The van der Waals surface area contributed by atoms with E-state index in [0.717, 1.165) is 85.5 Å². The molecule has 0 saturated heterocycles. The first-order valence-corrected chi connectivity index (χ1v) is 13.4. The van der Waals surface area contributed by atoms with Crippen molar-refractivity contribution in [2.24, 2.45) is 0 Å². The minimum absolute atomic E-state index is 0.243. The molecule has 0 atom stereocenters. The number of imidazole rings is 1. The first-order valence-electron chi connectivity index (χ1n) is 12.5. The molecule has 5 rings (SSSR count). The van der Waals surface area contributed by atoms with Crippen LogP contribution in [-0.2, 0) is 0 Å². The van der Waals surface area contributed by atoms with E-state index in [-0.39, 0.29) is 5.13 Å². The topological polar surface area (TPSA) is 82.3 Å². The number of nitrogens with one attached hydrogen (secondary N) is 3. The van der Waals surface area contributed by atoms with Crippen LogP contribution in [0, 0.1) is 5.13 Å². The molecule has 5 aromatic rings. The molecule has 3 N–H and O–H groups in total. The van der Waals surface area contributed by atoms with Crippen molar-refractivity contribution >= 4 is 38.8 Å². The first kappa shape index (κ1) is 25.4. The van der Waals surface area contributed by atoms with Crippen LogP contribution in [0.1, 0.15) is 38.7 Å². The summed E-state index contributed by atoms with van der Waals surface area (Å²) in [6, 6.07) is 9.39. The first-order chi connectivity index (χ1) is 18.5. The Morgan fingerprint density at radius 3 is 2.79 bits per heavy atom. The van der Waals surface area contributed by atoms with Gasteiger partial charge >= 0.3 is 0 Å². The quantitative estimate of drug-likeness (QED) is 0.161. The minimum Gasteiger partial charge on any atom is -0.359 e. The summed E-state index contributed by atoms with van der Waals surface area (Å²) in [5.41, 5.74) is 7.83. The van der Waals surface area contributed by atoms with Crippen LogP contribution in [-0.4, -0.2) is 25.1 Å². The molecule has 0 amide bonds. The minimum atomic E-state index is -0.243. The third-order valence-electron chi connectivity index (χ3n) is 6.35. The Bertz CT molecular complexity index is 1700. The Hall–Kier alpha value is -4.30. The van der Waals surface area contributed by atoms with Gasteiger partial charge in [0.1, 0.15) is 11.2 Å². The van der Waals surface area contributed by atoms with Gasteiger partial charge in [0.2, 0.25) is 0 Å². The lowest BCUT2D eigenvalue weighted by Gasteiger charge is -2.11. The summed E-state index contributed by atoms with van der Waals surface area (Å²) < 4.78 is 13.7. The maximum atomic E-state index is 13.7. The normalized spacial score (nSPS) is 12.4. The predicted molar refractivity (Wildman–Crippen MR) is 156 cm³/mol. The summed E-state index contributed by atoms with van der Waals surface area (Å²) in [6.45, 7) is 12.3. The fourth-order valence-electron chi connectivity index (χ4n) is 4.36. The molecule has 0 bridgehead atoms. The third kappa shape index (κ3) is 5.08. The summed E-state index contributed by atoms with van der Waals surface area (Å²) in [6.07, 6.45) is 12.5. The van der Waals surface area contributed by atoms with Gasteiger partial charge in [0.25, 0.3) is 0 Å². The fraction of sp³-hybridized carbons (Fsp3) is 0.167. The average Bonchev–Trinajstić information content (AvgIpc) is 3.66. The van der Waals surface area contributed by atoms with Crippen molar-refractivity contribution in [3.8, 4) is 22.0 Å². The second-order valence-electron chi connectivity index (χ2n) is 8.98. The maximum absolute atomic E-state index is 13.7. The highest BCUT2D eigenvalue weighted by atomic mass is 32.1. The Balaban J connectivity index is 1.51. The van der Waals surface area contributed by atoms with Crippen LogP contribution in [0.3, 0.4) is 0 Å². The number of hydrogen-bond donors (Lipinski definition) is 3. The van der Waals surface area contributed by atoms with Crippen LogP contribution in [0.5, 0.6) is 0 Å². The van der Waals surface area contributed by atoms with Crippen LogP contribution < -0.4 is 5.32 Å². The van der Waals surface area contributed by atoms with Crippen LogP contribution in [0.15, 0.2) is 85.5 Å². The molecule has 0 unspecified atom stereocenters. The van der Waals surface area contributed by atoms with E-state index in [1.54, 1.807) is 18.5 Å². The van der Waals surface area contributed by atoms with Crippen LogP contribution in [0.4, 0.5) is 4.39 Å². The molecule has 4 aromatic heterocycles. The second-order valence-corrected chi connectivity index (χ2v) is 10.0. The number of pyridine rings is 1. The van der Waals surface area contributed by atoms with E-state index in [9.17, 15) is 4.39 Å². The van der Waals surface area contributed by atoms with Gasteiger partial charge in [0.15, 0.2) is 11.0 Å². The Labute approximate surface area is 224 Å². The van der Waals surface area contributed by atoms with Crippen LogP contribution >= 0.6 is 11.3 Å². The lowest BCUT2D eigenvalue weighted by molar-refractivity contribution is 0.657. The molecule has 0 spiro atoms. The number of hydrogen-bond acceptors (Lipinski definition) is 5. The van der Waals surface area contributed by atoms with Gasteiger partial charge in [-0.15, -0.1) is 11.3 Å². The largest absolute Gasteiger partial charge is 0.359 e. The Morgan fingerprint density at radius 1 is 1.18 bits per heavy atom. The highest BCUT2D eigenvalue weighted by Crippen LogP contribution is 2.34. The highest BCUT2D eigenvalue weighted by molar-refractivity contribution is 7.14. The number of benzene rings is 1. The van der Waals surface area contributed by atoms with Gasteiger partial charge in [0.05, 0.1) is 17.2 Å². The molecule has 8 heteroatoms. The number of rotatable bonds is 10. The number of nitrogens with zero attached hydrogens (tertiary/aromatic N) is 3. The van der Waals surface area contributed by atoms with Crippen molar-refractivity contribution in [3.63, 3.8) is 0 Å². The molecule has 0 aliphatic heterocycles. The van der Waals surface area contributed by atoms with Gasteiger partial charge in [0, 0.05) is 33.4 Å². The van der Waals surface area contributed by atoms with E-state index in [1.807, 2.05) is 19.1 Å². The van der Waals surface area contributed by atoms with Crippen molar-refractivity contribution in [1.82, 2.24) is 30.5 Å². The maximum Gasteiger partial charge on any atom is 0.176 e. The fourth-order valence-corrected chi connectivity index (χ4v) is 5.10. The van der Waals surface area contributed by atoms with Gasteiger partial charge in [-0.2, -0.15) is 9.49 Å². The van der Waals surface area contributed by atoms with Crippen LogP contribution in [0.2, 0.25) is 0 Å². The molecule has 0 aliphatic rings. The van der Waals surface area contributed by atoms with Crippen molar-refractivity contribution < 1.29 is 4.39 Å².